The summed E-state index contributed by atoms with van der Waals surface area (Å²) in [6.45, 7) is 9.21. The normalized spacial score (nSPS) is 11.5. The van der Waals surface area contributed by atoms with Crippen molar-refractivity contribution in [3.63, 3.8) is 0 Å². The Morgan fingerprint density at radius 1 is 0.557 bits per heavy atom. The molecule has 0 amide bonds. The lowest BCUT2D eigenvalue weighted by atomic mass is 10.1. The quantitative estimate of drug-likeness (QED) is 0.0158. The van der Waals surface area contributed by atoms with Crippen LogP contribution in [0.4, 0.5) is 5.69 Å². The Balaban J connectivity index is 1.20. The summed E-state index contributed by atoms with van der Waals surface area (Å²) in [6.07, 6.45) is 3.33. The first-order valence-electron chi connectivity index (χ1n) is 18.4. The molecular weight excluding hydrogens is 785 g/mol. The molecule has 0 aromatic heterocycles. The molecule has 14 nitrogen and oxygen atoms in total. The number of hydrogen-bond donors (Lipinski definition) is 0. The van der Waals surface area contributed by atoms with E-state index in [2.05, 4.69) is 24.7 Å². The van der Waals surface area contributed by atoms with Crippen LogP contribution in [0.25, 0.3) is 11.1 Å². The Morgan fingerprint density at radius 3 is 1.67 bits per heavy atom. The highest BCUT2D eigenvalue weighted by molar-refractivity contribution is 6.26. The topological polar surface area (TPSA) is 175 Å². The van der Waals surface area contributed by atoms with Gasteiger partial charge in [0.2, 0.25) is 6.79 Å². The second kappa shape index (κ2) is 20.3. The fourth-order valence-electron chi connectivity index (χ4n) is 5.70. The number of nitrogens with zero attached hydrogens (tertiary/aromatic N) is 2. The molecule has 0 saturated carbocycles. The first kappa shape index (κ1) is 42.2. The van der Waals surface area contributed by atoms with Gasteiger partial charge in [-0.1, -0.05) is 68.3 Å². The molecule has 14 heteroatoms. The molecule has 0 aliphatic heterocycles. The van der Waals surface area contributed by atoms with Gasteiger partial charge in [0.1, 0.15) is 42.5 Å². The highest BCUT2D eigenvalue weighted by Gasteiger charge is 2.24. The summed E-state index contributed by atoms with van der Waals surface area (Å²) in [5.74, 6) is -2.74. The lowest BCUT2D eigenvalue weighted by Gasteiger charge is -2.17. The zero-order valence-corrected chi connectivity index (χ0v) is 32.4. The second-order valence-corrected chi connectivity index (χ2v) is 12.6. The summed E-state index contributed by atoms with van der Waals surface area (Å²) >= 11 is 0. The minimum atomic E-state index is -0.953. The van der Waals surface area contributed by atoms with Crippen molar-refractivity contribution in [1.82, 2.24) is 0 Å². The van der Waals surface area contributed by atoms with Gasteiger partial charge in [-0.3, -0.25) is 0 Å². The molecule has 1 unspecified atom stereocenters. The number of rotatable bonds is 18. The number of fused-ring (bicyclic) bond motifs is 3. The third-order valence-electron chi connectivity index (χ3n) is 8.62. The summed E-state index contributed by atoms with van der Waals surface area (Å²) < 4.78 is 37.5. The molecule has 61 heavy (non-hydrogen) atoms. The smallest absolute Gasteiger partial charge is 0.343 e. The fourth-order valence-corrected chi connectivity index (χ4v) is 5.70. The van der Waals surface area contributed by atoms with Gasteiger partial charge in [0, 0.05) is 35.4 Å². The van der Waals surface area contributed by atoms with Gasteiger partial charge in [-0.2, -0.15) is 0 Å². The van der Waals surface area contributed by atoms with Crippen LogP contribution in [0.5, 0.6) is 23.0 Å². The van der Waals surface area contributed by atoms with Crippen LogP contribution in [0.2, 0.25) is 0 Å². The molecule has 0 saturated heterocycles. The van der Waals surface area contributed by atoms with Crippen LogP contribution in [0.1, 0.15) is 31.8 Å². The number of carbonyl (C=O) groups is 5. The molecule has 0 spiro atoms. The van der Waals surface area contributed by atoms with E-state index in [0.717, 1.165) is 40.5 Å². The van der Waals surface area contributed by atoms with E-state index < -0.39 is 36.0 Å². The minimum absolute atomic E-state index is 0.0356. The van der Waals surface area contributed by atoms with Crippen molar-refractivity contribution < 1.29 is 57.1 Å². The summed E-state index contributed by atoms with van der Waals surface area (Å²) in [5, 5.41) is 0. The van der Waals surface area contributed by atoms with Gasteiger partial charge < -0.3 is 33.2 Å². The Hall–Kier alpha value is -8.39. The van der Waals surface area contributed by atoms with Gasteiger partial charge in [0.05, 0.1) is 16.8 Å². The summed E-state index contributed by atoms with van der Waals surface area (Å²) in [4.78, 5) is 70.4. The van der Waals surface area contributed by atoms with Gasteiger partial charge in [0.25, 0.3) is 0 Å². The van der Waals surface area contributed by atoms with Crippen molar-refractivity contribution in [3.8, 4) is 34.1 Å². The van der Waals surface area contributed by atoms with Crippen LogP contribution < -0.4 is 18.9 Å². The average molecular weight is 821 g/mol. The first-order valence-corrected chi connectivity index (χ1v) is 18.4. The lowest BCUT2D eigenvalue weighted by Crippen LogP contribution is -2.30. The molecule has 6 rings (SSSR count). The largest absolute Gasteiger partial charge is 0.490 e. The Kier molecular flexibility index (Phi) is 14.1. The number of carbonyl (C=O) groups excluding carboxylic acids is 5. The maximum absolute atomic E-state index is 13.4. The number of hydrogen-bond acceptors (Lipinski definition) is 13. The number of esters is 5. The molecule has 1 atom stereocenters. The van der Waals surface area contributed by atoms with E-state index in [1.807, 2.05) is 48.5 Å². The van der Waals surface area contributed by atoms with Gasteiger partial charge in [0.15, 0.2) is 11.9 Å². The number of benzene rings is 5. The summed E-state index contributed by atoms with van der Waals surface area (Å²) in [5.41, 5.74) is 5.09. The van der Waals surface area contributed by atoms with Gasteiger partial charge in [-0.15, -0.1) is 0 Å². The van der Waals surface area contributed by atoms with E-state index in [4.69, 9.17) is 38.2 Å². The predicted octanol–water partition coefficient (Wildman–Crippen LogP) is 7.57. The number of ether oxygens (including phenoxy) is 7. The van der Waals surface area contributed by atoms with Crippen molar-refractivity contribution in [2.45, 2.75) is 6.10 Å². The highest BCUT2D eigenvalue weighted by Crippen LogP contribution is 2.37. The van der Waals surface area contributed by atoms with Crippen LogP contribution in [0.15, 0.2) is 163 Å². The van der Waals surface area contributed by atoms with Gasteiger partial charge in [-0.05, 0) is 71.8 Å². The molecule has 5 aromatic carbocycles. The third-order valence-corrected chi connectivity index (χ3v) is 8.62. The summed E-state index contributed by atoms with van der Waals surface area (Å²) in [6, 6.07) is 32.0. The second-order valence-electron chi connectivity index (χ2n) is 12.6. The lowest BCUT2D eigenvalue weighted by molar-refractivity contribution is -0.154. The highest BCUT2D eigenvalue weighted by atomic mass is 16.7. The van der Waals surface area contributed by atoms with Crippen LogP contribution in [0.3, 0.4) is 0 Å². The minimum Gasteiger partial charge on any atom is -0.490 e. The Bertz CT molecular complexity index is 2490. The molecule has 0 heterocycles. The van der Waals surface area contributed by atoms with E-state index in [1.54, 1.807) is 0 Å². The molecule has 0 N–H and O–H groups in total. The van der Waals surface area contributed by atoms with Crippen molar-refractivity contribution in [2.24, 2.45) is 9.98 Å². The van der Waals surface area contributed by atoms with Crippen LogP contribution >= 0.6 is 0 Å². The molecule has 1 aliphatic rings. The maximum Gasteiger partial charge on any atom is 0.343 e. The number of aliphatic imine (C=N–C) groups is 2. The van der Waals surface area contributed by atoms with Crippen LogP contribution in [-0.4, -0.2) is 68.0 Å². The molecular formula is C47H36N2O12. The monoisotopic (exact) mass is 820 g/mol. The predicted molar refractivity (Wildman–Crippen MR) is 223 cm³/mol. The van der Waals surface area contributed by atoms with Crippen molar-refractivity contribution in [1.29, 1.82) is 0 Å². The SMILES string of the molecule is C=CC(=O)OCOc1ccc(C(=O)Oc2ccc(OC(=O)c3ccc(OCC(COC(=O)C=C)OC(=O)C=C)cc3)c(N=CN=C3c4ccccc4-c4ccccc43)c2)cc1. The molecule has 1 aliphatic carbocycles. The van der Waals surface area contributed by atoms with Crippen LogP contribution in [0, 0.1) is 0 Å². The van der Waals surface area contributed by atoms with Crippen LogP contribution in [-0.2, 0) is 28.6 Å². The Morgan fingerprint density at radius 2 is 1.08 bits per heavy atom. The standard InChI is InChI=1S/C47H36N2O12/c1-4-42(50)56-27-35(59-44(52)6-3)26-55-32-19-15-31(16-20-32)47(54)61-41-24-23-34(60-46(53)30-17-21-33(22-18-30)57-29-58-43(51)5-2)25-40(41)48-28-49-45-38-13-9-7-11-36(38)37-12-8-10-14-39(37)45/h4-25,28,35H,1-3,26-27,29H2. The zero-order chi connectivity index (χ0) is 43.1. The summed E-state index contributed by atoms with van der Waals surface area (Å²) in [7, 11) is 0. The van der Waals surface area contributed by atoms with E-state index in [9.17, 15) is 24.0 Å². The van der Waals surface area contributed by atoms with Gasteiger partial charge >= 0.3 is 29.8 Å². The van der Waals surface area contributed by atoms with Crippen molar-refractivity contribution >= 4 is 47.6 Å². The van der Waals surface area contributed by atoms with E-state index in [1.165, 1.54) is 73.1 Å². The average Bonchev–Trinajstić information content (AvgIpc) is 3.61. The van der Waals surface area contributed by atoms with Gasteiger partial charge in [-0.25, -0.2) is 34.0 Å². The van der Waals surface area contributed by atoms with E-state index >= 15 is 0 Å². The molecule has 0 fully saturated rings. The molecule has 0 radical (unpaired) electrons. The maximum atomic E-state index is 13.4. The molecule has 306 valence electrons. The first-order chi connectivity index (χ1) is 29.6. The third kappa shape index (κ3) is 11.2. The molecule has 5 aromatic rings. The van der Waals surface area contributed by atoms with E-state index in [0.29, 0.717) is 17.2 Å². The zero-order valence-electron chi connectivity index (χ0n) is 32.4. The van der Waals surface area contributed by atoms with Crippen molar-refractivity contribution in [2.75, 3.05) is 20.0 Å². The van der Waals surface area contributed by atoms with E-state index in [-0.39, 0.29) is 48.3 Å². The fraction of sp³-hybridized carbons (Fsp3) is 0.0851. The Labute approximate surface area is 349 Å². The van der Waals surface area contributed by atoms with Crippen molar-refractivity contribution in [3.05, 3.63) is 175 Å². The molecule has 0 bridgehead atoms.